The molecule has 0 spiro atoms. The molecule has 3 unspecified atom stereocenters. The molecular formula is C16H27N3O2. The molecule has 21 heavy (non-hydrogen) atoms. The van der Waals surface area contributed by atoms with E-state index < -0.39 is 0 Å². The molecule has 0 bridgehead atoms. The van der Waals surface area contributed by atoms with E-state index in [-0.39, 0.29) is 23.4 Å². The third-order valence-electron chi connectivity index (χ3n) is 4.65. The summed E-state index contributed by atoms with van der Waals surface area (Å²) in [6.07, 6.45) is 4.75. The molecule has 1 aromatic heterocycles. The largest absolute Gasteiger partial charge is 0.361 e. The lowest BCUT2D eigenvalue weighted by Gasteiger charge is -2.37. The number of aromatic nitrogens is 1. The van der Waals surface area contributed by atoms with Gasteiger partial charge in [0.05, 0.1) is 11.6 Å². The molecule has 0 aromatic carbocycles. The molecule has 1 heterocycles. The first-order valence-corrected chi connectivity index (χ1v) is 7.82. The highest BCUT2D eigenvalue weighted by atomic mass is 16.5. The van der Waals surface area contributed by atoms with Crippen molar-refractivity contribution in [3.05, 3.63) is 17.0 Å². The number of amides is 1. The number of nitrogens with two attached hydrogens (primary N) is 1. The number of carbonyl (C=O) groups is 1. The third kappa shape index (κ3) is 3.64. The van der Waals surface area contributed by atoms with E-state index in [1.54, 1.807) is 0 Å². The summed E-state index contributed by atoms with van der Waals surface area (Å²) in [5, 5.41) is 7.06. The zero-order valence-corrected chi connectivity index (χ0v) is 13.5. The SMILES string of the molecule is Cc1noc(C)c1CC(C)NC(=O)C1CCCCC1(C)N. The monoisotopic (exact) mass is 293 g/mol. The number of hydrogen-bond donors (Lipinski definition) is 2. The van der Waals surface area contributed by atoms with Crippen molar-refractivity contribution >= 4 is 5.91 Å². The first-order valence-electron chi connectivity index (χ1n) is 7.82. The Bertz CT molecular complexity index is 488. The van der Waals surface area contributed by atoms with Crippen molar-refractivity contribution < 1.29 is 9.32 Å². The number of aryl methyl sites for hydroxylation is 2. The Labute approximate surface area is 126 Å². The van der Waals surface area contributed by atoms with Gasteiger partial charge in [0.1, 0.15) is 5.76 Å². The van der Waals surface area contributed by atoms with Crippen LogP contribution in [0.2, 0.25) is 0 Å². The average molecular weight is 293 g/mol. The molecule has 1 aromatic rings. The normalized spacial score (nSPS) is 27.4. The van der Waals surface area contributed by atoms with Crippen LogP contribution < -0.4 is 11.1 Å². The second-order valence-corrected chi connectivity index (χ2v) is 6.72. The predicted octanol–water partition coefficient (Wildman–Crippen LogP) is 2.25. The average Bonchev–Trinajstić information content (AvgIpc) is 2.69. The van der Waals surface area contributed by atoms with Crippen LogP contribution in [0.3, 0.4) is 0 Å². The minimum absolute atomic E-state index is 0.0482. The minimum atomic E-state index is -0.384. The van der Waals surface area contributed by atoms with Gasteiger partial charge in [0.25, 0.3) is 0 Å². The summed E-state index contributed by atoms with van der Waals surface area (Å²) >= 11 is 0. The smallest absolute Gasteiger partial charge is 0.225 e. The highest BCUT2D eigenvalue weighted by Crippen LogP contribution is 2.31. The van der Waals surface area contributed by atoms with E-state index in [9.17, 15) is 4.79 Å². The molecule has 5 heteroatoms. The van der Waals surface area contributed by atoms with E-state index in [2.05, 4.69) is 10.5 Å². The zero-order chi connectivity index (χ0) is 15.6. The molecule has 3 atom stereocenters. The van der Waals surface area contributed by atoms with Crippen molar-refractivity contribution in [2.75, 3.05) is 0 Å². The Kier molecular flexibility index (Phi) is 4.71. The second kappa shape index (κ2) is 6.18. The maximum atomic E-state index is 12.5. The lowest BCUT2D eigenvalue weighted by Crippen LogP contribution is -2.54. The maximum absolute atomic E-state index is 12.5. The van der Waals surface area contributed by atoms with Gasteiger partial charge in [0.2, 0.25) is 5.91 Å². The lowest BCUT2D eigenvalue weighted by molar-refractivity contribution is -0.128. The van der Waals surface area contributed by atoms with Crippen molar-refractivity contribution in [3.8, 4) is 0 Å². The van der Waals surface area contributed by atoms with E-state index in [1.807, 2.05) is 27.7 Å². The fourth-order valence-corrected chi connectivity index (χ4v) is 3.28. The van der Waals surface area contributed by atoms with Crippen LogP contribution in [-0.2, 0) is 11.2 Å². The van der Waals surface area contributed by atoms with Crippen LogP contribution in [0.4, 0.5) is 0 Å². The van der Waals surface area contributed by atoms with Crippen molar-refractivity contribution in [2.24, 2.45) is 11.7 Å². The van der Waals surface area contributed by atoms with Gasteiger partial charge in [-0.3, -0.25) is 4.79 Å². The molecule has 2 rings (SSSR count). The minimum Gasteiger partial charge on any atom is -0.361 e. The molecule has 0 aliphatic heterocycles. The van der Waals surface area contributed by atoms with Crippen molar-refractivity contribution in [3.63, 3.8) is 0 Å². The van der Waals surface area contributed by atoms with E-state index >= 15 is 0 Å². The zero-order valence-electron chi connectivity index (χ0n) is 13.5. The van der Waals surface area contributed by atoms with E-state index in [1.165, 1.54) is 0 Å². The second-order valence-electron chi connectivity index (χ2n) is 6.72. The number of nitrogens with one attached hydrogen (secondary N) is 1. The fourth-order valence-electron chi connectivity index (χ4n) is 3.28. The summed E-state index contributed by atoms with van der Waals surface area (Å²) in [5.41, 5.74) is 7.90. The lowest BCUT2D eigenvalue weighted by atomic mass is 9.74. The van der Waals surface area contributed by atoms with Gasteiger partial charge < -0.3 is 15.6 Å². The standard InChI is InChI=1S/C16H27N3O2/c1-10(9-13-11(2)19-21-12(13)3)18-15(20)14-7-5-6-8-16(14,4)17/h10,14H,5-9,17H2,1-4H3,(H,18,20). The van der Waals surface area contributed by atoms with Gasteiger partial charge in [-0.1, -0.05) is 18.0 Å². The van der Waals surface area contributed by atoms with Gasteiger partial charge >= 0.3 is 0 Å². The van der Waals surface area contributed by atoms with Gasteiger partial charge in [-0.25, -0.2) is 0 Å². The van der Waals surface area contributed by atoms with Crippen LogP contribution in [0.15, 0.2) is 4.52 Å². The summed E-state index contributed by atoms with van der Waals surface area (Å²) < 4.78 is 5.17. The molecule has 0 saturated heterocycles. The molecule has 1 aliphatic carbocycles. The van der Waals surface area contributed by atoms with Crippen LogP contribution in [-0.4, -0.2) is 22.6 Å². The van der Waals surface area contributed by atoms with Gasteiger partial charge in [0.15, 0.2) is 0 Å². The summed E-state index contributed by atoms with van der Waals surface area (Å²) in [6, 6.07) is 0.0482. The molecule has 1 fully saturated rings. The number of rotatable bonds is 4. The molecule has 1 saturated carbocycles. The van der Waals surface area contributed by atoms with E-state index in [0.717, 1.165) is 49.1 Å². The maximum Gasteiger partial charge on any atom is 0.225 e. The van der Waals surface area contributed by atoms with Crippen LogP contribution in [0.1, 0.15) is 56.5 Å². The Balaban J connectivity index is 1.96. The van der Waals surface area contributed by atoms with Gasteiger partial charge in [0, 0.05) is 17.1 Å². The van der Waals surface area contributed by atoms with Crippen LogP contribution >= 0.6 is 0 Å². The van der Waals surface area contributed by atoms with Gasteiger partial charge in [-0.15, -0.1) is 0 Å². The van der Waals surface area contributed by atoms with Crippen LogP contribution in [0.25, 0.3) is 0 Å². The molecule has 1 amide bonds. The third-order valence-corrected chi connectivity index (χ3v) is 4.65. The highest BCUT2D eigenvalue weighted by Gasteiger charge is 2.38. The van der Waals surface area contributed by atoms with Crippen molar-refractivity contribution in [2.45, 2.75) is 71.4 Å². The first kappa shape index (κ1) is 16.0. The topological polar surface area (TPSA) is 81.2 Å². The van der Waals surface area contributed by atoms with Crippen LogP contribution in [0.5, 0.6) is 0 Å². The number of hydrogen-bond acceptors (Lipinski definition) is 4. The highest BCUT2D eigenvalue weighted by molar-refractivity contribution is 5.80. The number of nitrogens with zero attached hydrogens (tertiary/aromatic N) is 1. The van der Waals surface area contributed by atoms with Crippen LogP contribution in [0, 0.1) is 19.8 Å². The molecule has 0 radical (unpaired) electrons. The molecule has 5 nitrogen and oxygen atoms in total. The molecule has 118 valence electrons. The van der Waals surface area contributed by atoms with Gasteiger partial charge in [-0.05, 0) is 47.0 Å². The number of carbonyl (C=O) groups excluding carboxylic acids is 1. The predicted molar refractivity (Wildman–Crippen MR) is 81.8 cm³/mol. The fraction of sp³-hybridized carbons (Fsp3) is 0.750. The van der Waals surface area contributed by atoms with E-state index in [0.29, 0.717) is 0 Å². The summed E-state index contributed by atoms with van der Waals surface area (Å²) in [4.78, 5) is 12.5. The summed E-state index contributed by atoms with van der Waals surface area (Å²) in [5.74, 6) is 0.826. The van der Waals surface area contributed by atoms with Crippen molar-refractivity contribution in [1.82, 2.24) is 10.5 Å². The van der Waals surface area contributed by atoms with Crippen molar-refractivity contribution in [1.29, 1.82) is 0 Å². The molecule has 1 aliphatic rings. The quantitative estimate of drug-likeness (QED) is 0.892. The van der Waals surface area contributed by atoms with E-state index in [4.69, 9.17) is 10.3 Å². The Morgan fingerprint density at radius 1 is 1.52 bits per heavy atom. The van der Waals surface area contributed by atoms with Gasteiger partial charge in [-0.2, -0.15) is 0 Å². The summed E-state index contributed by atoms with van der Waals surface area (Å²) in [7, 11) is 0. The Morgan fingerprint density at radius 2 is 2.24 bits per heavy atom. The molecule has 3 N–H and O–H groups in total. The molecular weight excluding hydrogens is 266 g/mol. The Hall–Kier alpha value is -1.36. The first-order chi connectivity index (χ1) is 9.81. The Morgan fingerprint density at radius 3 is 2.81 bits per heavy atom. The summed E-state index contributed by atoms with van der Waals surface area (Å²) in [6.45, 7) is 7.84.